The third-order valence-corrected chi connectivity index (χ3v) is 2.88. The van der Waals surface area contributed by atoms with E-state index in [9.17, 15) is 5.11 Å². The first-order chi connectivity index (χ1) is 6.20. The molecule has 3 N–H and O–H groups in total. The van der Waals surface area contributed by atoms with Gasteiger partial charge in [-0.05, 0) is 19.1 Å². The van der Waals surface area contributed by atoms with Crippen molar-refractivity contribution in [3.8, 4) is 0 Å². The van der Waals surface area contributed by atoms with Gasteiger partial charge < -0.3 is 10.8 Å². The lowest BCUT2D eigenvalue weighted by Crippen LogP contribution is -2.33. The van der Waals surface area contributed by atoms with E-state index in [-0.39, 0.29) is 6.04 Å². The van der Waals surface area contributed by atoms with E-state index in [1.54, 1.807) is 11.8 Å². The Morgan fingerprint density at radius 1 is 1.38 bits per heavy atom. The number of benzene rings is 1. The Hall–Kier alpha value is -0.510. The number of hydrogen-bond acceptors (Lipinski definition) is 3. The van der Waals surface area contributed by atoms with E-state index in [2.05, 4.69) is 0 Å². The molecule has 0 saturated heterocycles. The summed E-state index contributed by atoms with van der Waals surface area (Å²) in [6.45, 7) is 1.82. The summed E-state index contributed by atoms with van der Waals surface area (Å²) in [7, 11) is 0. The Kier molecular flexibility index (Phi) is 4.28. The van der Waals surface area contributed by atoms with Gasteiger partial charge in [0.2, 0.25) is 0 Å². The van der Waals surface area contributed by atoms with Crippen molar-refractivity contribution in [3.63, 3.8) is 0 Å². The maximum Gasteiger partial charge on any atom is 0.0782 e. The molecule has 0 aliphatic carbocycles. The second-order valence-electron chi connectivity index (χ2n) is 3.05. The van der Waals surface area contributed by atoms with Crippen molar-refractivity contribution in [2.45, 2.75) is 24.0 Å². The first-order valence-corrected chi connectivity index (χ1v) is 5.30. The van der Waals surface area contributed by atoms with Gasteiger partial charge in [0.15, 0.2) is 0 Å². The van der Waals surface area contributed by atoms with Crippen molar-refractivity contribution < 1.29 is 5.11 Å². The van der Waals surface area contributed by atoms with Crippen LogP contribution in [0.15, 0.2) is 35.2 Å². The second-order valence-corrected chi connectivity index (χ2v) is 4.14. The molecule has 0 aliphatic rings. The largest absolute Gasteiger partial charge is 0.391 e. The highest BCUT2D eigenvalue weighted by atomic mass is 32.2. The van der Waals surface area contributed by atoms with Crippen LogP contribution < -0.4 is 5.73 Å². The van der Waals surface area contributed by atoms with Crippen LogP contribution in [0.3, 0.4) is 0 Å². The molecule has 3 heteroatoms. The van der Waals surface area contributed by atoms with Crippen LogP contribution >= 0.6 is 11.8 Å². The molecule has 1 aromatic carbocycles. The van der Waals surface area contributed by atoms with Crippen LogP contribution in [0.25, 0.3) is 0 Å². The van der Waals surface area contributed by atoms with Gasteiger partial charge in [-0.15, -0.1) is 11.8 Å². The van der Waals surface area contributed by atoms with Crippen molar-refractivity contribution in [1.82, 2.24) is 0 Å². The average molecular weight is 197 g/mol. The highest BCUT2D eigenvalue weighted by Gasteiger charge is 2.09. The van der Waals surface area contributed by atoms with Crippen molar-refractivity contribution in [2.24, 2.45) is 5.73 Å². The van der Waals surface area contributed by atoms with Gasteiger partial charge in [0.05, 0.1) is 6.10 Å². The molecule has 2 atom stereocenters. The van der Waals surface area contributed by atoms with Crippen molar-refractivity contribution >= 4 is 11.8 Å². The van der Waals surface area contributed by atoms with Crippen LogP contribution in [0, 0.1) is 0 Å². The molecule has 0 bridgehead atoms. The van der Waals surface area contributed by atoms with Gasteiger partial charge in [-0.2, -0.15) is 0 Å². The van der Waals surface area contributed by atoms with Crippen LogP contribution in [0.4, 0.5) is 0 Å². The number of aliphatic hydroxyl groups excluding tert-OH is 1. The summed E-state index contributed by atoms with van der Waals surface area (Å²) < 4.78 is 0. The molecular formula is C10H15NOS. The van der Waals surface area contributed by atoms with E-state index < -0.39 is 6.10 Å². The fraction of sp³-hybridized carbons (Fsp3) is 0.400. The van der Waals surface area contributed by atoms with E-state index in [1.165, 1.54) is 4.90 Å². The third kappa shape index (κ3) is 3.81. The van der Waals surface area contributed by atoms with Gasteiger partial charge in [0, 0.05) is 16.7 Å². The summed E-state index contributed by atoms with van der Waals surface area (Å²) in [4.78, 5) is 1.17. The van der Waals surface area contributed by atoms with Crippen LogP contribution in [0.1, 0.15) is 6.92 Å². The normalized spacial score (nSPS) is 15.3. The minimum atomic E-state index is -0.426. The van der Waals surface area contributed by atoms with Gasteiger partial charge >= 0.3 is 0 Å². The molecule has 0 aromatic heterocycles. The lowest BCUT2D eigenvalue weighted by atomic mass is 10.2. The van der Waals surface area contributed by atoms with E-state index in [1.807, 2.05) is 37.3 Å². The van der Waals surface area contributed by atoms with Crippen molar-refractivity contribution in [1.29, 1.82) is 0 Å². The lowest BCUT2D eigenvalue weighted by Gasteiger charge is -2.13. The Morgan fingerprint density at radius 2 is 2.00 bits per heavy atom. The van der Waals surface area contributed by atoms with Gasteiger partial charge in [-0.25, -0.2) is 0 Å². The summed E-state index contributed by atoms with van der Waals surface area (Å²) in [5.41, 5.74) is 5.54. The fourth-order valence-corrected chi connectivity index (χ4v) is 1.87. The summed E-state index contributed by atoms with van der Waals surface area (Å²) in [5, 5.41) is 9.44. The number of rotatable bonds is 4. The molecule has 0 amide bonds. The molecule has 1 aromatic rings. The lowest BCUT2D eigenvalue weighted by molar-refractivity contribution is 0.175. The highest BCUT2D eigenvalue weighted by Crippen LogP contribution is 2.18. The second kappa shape index (κ2) is 5.27. The predicted octanol–water partition coefficient (Wildman–Crippen LogP) is 1.49. The van der Waals surface area contributed by atoms with Gasteiger partial charge in [0.1, 0.15) is 0 Å². The molecule has 13 heavy (non-hydrogen) atoms. The standard InChI is InChI=1S/C10H15NOS/c1-8(11)10(12)7-13-9-5-3-2-4-6-9/h2-6,8,10,12H,7,11H2,1H3. The SMILES string of the molecule is CC(N)C(O)CSc1ccccc1. The topological polar surface area (TPSA) is 46.2 Å². The number of hydrogen-bond donors (Lipinski definition) is 2. The smallest absolute Gasteiger partial charge is 0.0782 e. The molecule has 0 radical (unpaired) electrons. The molecular weight excluding hydrogens is 182 g/mol. The molecule has 0 saturated carbocycles. The maximum absolute atomic E-state index is 9.44. The zero-order valence-corrected chi connectivity index (χ0v) is 8.50. The van der Waals surface area contributed by atoms with Gasteiger partial charge in [0.25, 0.3) is 0 Å². The van der Waals surface area contributed by atoms with Gasteiger partial charge in [-0.1, -0.05) is 18.2 Å². The molecule has 0 heterocycles. The summed E-state index contributed by atoms with van der Waals surface area (Å²) in [6.07, 6.45) is -0.426. The number of thioether (sulfide) groups is 1. The van der Waals surface area contributed by atoms with E-state index >= 15 is 0 Å². The Balaban J connectivity index is 2.35. The van der Waals surface area contributed by atoms with Crippen LogP contribution in [0.5, 0.6) is 0 Å². The average Bonchev–Trinajstić information content (AvgIpc) is 2.15. The maximum atomic E-state index is 9.44. The molecule has 0 fully saturated rings. The minimum absolute atomic E-state index is 0.156. The summed E-state index contributed by atoms with van der Waals surface area (Å²) in [6, 6.07) is 9.85. The Morgan fingerprint density at radius 3 is 2.54 bits per heavy atom. The Bertz CT molecular complexity index is 238. The number of aliphatic hydroxyl groups is 1. The molecule has 2 unspecified atom stereocenters. The van der Waals surface area contributed by atoms with Crippen LogP contribution in [-0.4, -0.2) is 23.0 Å². The van der Waals surface area contributed by atoms with Crippen LogP contribution in [-0.2, 0) is 0 Å². The van der Waals surface area contributed by atoms with E-state index in [0.29, 0.717) is 5.75 Å². The monoisotopic (exact) mass is 197 g/mol. The van der Waals surface area contributed by atoms with Crippen molar-refractivity contribution in [3.05, 3.63) is 30.3 Å². The Labute approximate surface area is 83.1 Å². The molecule has 72 valence electrons. The fourth-order valence-electron chi connectivity index (χ4n) is 0.850. The molecule has 2 nitrogen and oxygen atoms in total. The highest BCUT2D eigenvalue weighted by molar-refractivity contribution is 7.99. The molecule has 1 rings (SSSR count). The third-order valence-electron chi connectivity index (χ3n) is 1.77. The first-order valence-electron chi connectivity index (χ1n) is 4.31. The van der Waals surface area contributed by atoms with Crippen molar-refractivity contribution in [2.75, 3.05) is 5.75 Å². The van der Waals surface area contributed by atoms with Crippen LogP contribution in [0.2, 0.25) is 0 Å². The van der Waals surface area contributed by atoms with Gasteiger partial charge in [-0.3, -0.25) is 0 Å². The summed E-state index contributed by atoms with van der Waals surface area (Å²) >= 11 is 1.63. The molecule has 0 spiro atoms. The zero-order valence-electron chi connectivity index (χ0n) is 7.68. The first kappa shape index (κ1) is 10.6. The number of nitrogens with two attached hydrogens (primary N) is 1. The summed E-state index contributed by atoms with van der Waals surface area (Å²) in [5.74, 6) is 0.654. The van der Waals surface area contributed by atoms with E-state index in [0.717, 1.165) is 0 Å². The van der Waals surface area contributed by atoms with E-state index in [4.69, 9.17) is 5.73 Å². The molecule has 0 aliphatic heterocycles. The quantitative estimate of drug-likeness (QED) is 0.719. The zero-order chi connectivity index (χ0) is 9.68. The predicted molar refractivity (Wildman–Crippen MR) is 56.8 cm³/mol. The minimum Gasteiger partial charge on any atom is -0.391 e.